The van der Waals surface area contributed by atoms with Crippen LogP contribution in [0, 0.1) is 0 Å². The normalized spacial score (nSPS) is 20.0. The molecule has 23 heavy (non-hydrogen) atoms. The van der Waals surface area contributed by atoms with Crippen molar-refractivity contribution in [3.05, 3.63) is 32.0 Å². The van der Waals surface area contributed by atoms with Gasteiger partial charge in [-0.3, -0.25) is 4.57 Å². The van der Waals surface area contributed by atoms with Gasteiger partial charge in [-0.25, -0.2) is 4.79 Å². The van der Waals surface area contributed by atoms with E-state index in [1.807, 2.05) is 6.07 Å². The van der Waals surface area contributed by atoms with Crippen LogP contribution in [0.3, 0.4) is 0 Å². The Labute approximate surface area is 145 Å². The quantitative estimate of drug-likeness (QED) is 0.791. The second kappa shape index (κ2) is 6.35. The summed E-state index contributed by atoms with van der Waals surface area (Å²) in [7, 11) is 0. The van der Waals surface area contributed by atoms with Gasteiger partial charge in [-0.05, 0) is 34.0 Å². The Balaban J connectivity index is 1.60. The minimum atomic E-state index is -0.270. The largest absolute Gasteiger partial charge is 0.475 e. The van der Waals surface area contributed by atoms with Gasteiger partial charge in [0.1, 0.15) is 12.7 Å². The fourth-order valence-corrected chi connectivity index (χ4v) is 4.53. The Morgan fingerprint density at radius 3 is 3.17 bits per heavy atom. The summed E-state index contributed by atoms with van der Waals surface area (Å²) in [6.07, 6.45) is 0.732. The van der Waals surface area contributed by atoms with Crippen molar-refractivity contribution in [2.45, 2.75) is 19.1 Å². The molecule has 4 heterocycles. The van der Waals surface area contributed by atoms with Gasteiger partial charge in [0.15, 0.2) is 0 Å². The zero-order valence-electron chi connectivity index (χ0n) is 12.3. The second-order valence-electron chi connectivity index (χ2n) is 5.45. The van der Waals surface area contributed by atoms with Crippen LogP contribution in [0.5, 0.6) is 5.88 Å². The van der Waals surface area contributed by atoms with E-state index >= 15 is 0 Å². The molecule has 2 aliphatic rings. The molecule has 0 bridgehead atoms. The van der Waals surface area contributed by atoms with Crippen molar-refractivity contribution in [1.82, 2.24) is 9.55 Å². The molecule has 1 saturated heterocycles. The molecule has 1 unspecified atom stereocenters. The third-order valence-corrected chi connectivity index (χ3v) is 5.61. The second-order valence-corrected chi connectivity index (χ2v) is 7.88. The topological polar surface area (TPSA) is 62.6 Å². The van der Waals surface area contributed by atoms with E-state index in [1.54, 1.807) is 15.9 Å². The first-order chi connectivity index (χ1) is 11.2. The molecule has 0 spiro atoms. The lowest BCUT2D eigenvalue weighted by atomic mass is 10.1. The molecule has 2 aliphatic heterocycles. The maximum Gasteiger partial charge on any atom is 0.351 e. The fraction of sp³-hybridized carbons (Fsp3) is 0.467. The van der Waals surface area contributed by atoms with Crippen molar-refractivity contribution < 1.29 is 14.2 Å². The first kappa shape index (κ1) is 15.3. The van der Waals surface area contributed by atoms with E-state index in [9.17, 15) is 4.79 Å². The fourth-order valence-electron chi connectivity index (χ4n) is 2.80. The van der Waals surface area contributed by atoms with Gasteiger partial charge < -0.3 is 14.2 Å². The highest BCUT2D eigenvalue weighted by molar-refractivity contribution is 9.11. The number of halogens is 1. The minimum Gasteiger partial charge on any atom is -0.475 e. The molecule has 122 valence electrons. The van der Waals surface area contributed by atoms with Gasteiger partial charge in [-0.2, -0.15) is 4.98 Å². The van der Waals surface area contributed by atoms with Crippen LogP contribution >= 0.6 is 27.3 Å². The van der Waals surface area contributed by atoms with Crippen molar-refractivity contribution >= 4 is 27.3 Å². The number of aromatic nitrogens is 2. The molecule has 2 aromatic rings. The molecule has 0 N–H and O–H groups in total. The van der Waals surface area contributed by atoms with Crippen LogP contribution in [0.4, 0.5) is 0 Å². The summed E-state index contributed by atoms with van der Waals surface area (Å²) in [5, 5.41) is 0. The number of aryl methyl sites for hydroxylation is 1. The Kier molecular flexibility index (Phi) is 4.23. The van der Waals surface area contributed by atoms with Crippen molar-refractivity contribution in [2.24, 2.45) is 0 Å². The number of rotatable bonds is 3. The molecular formula is C15H15BrN2O4S. The average molecular weight is 399 g/mol. The molecule has 1 atom stereocenters. The molecule has 6 nitrogen and oxygen atoms in total. The van der Waals surface area contributed by atoms with Gasteiger partial charge in [-0.1, -0.05) is 0 Å². The van der Waals surface area contributed by atoms with Gasteiger partial charge in [-0.15, -0.1) is 11.3 Å². The standard InChI is InChI=1S/C15H15BrN2O4S/c16-12-5-9-1-2-18-11(14(9)23-12)6-13(17-15(18)19)22-8-10-7-20-3-4-21-10/h5-6,10H,1-4,7-8H2. The predicted molar refractivity (Wildman–Crippen MR) is 89.3 cm³/mol. The van der Waals surface area contributed by atoms with Crippen LogP contribution in [-0.4, -0.2) is 42.1 Å². The van der Waals surface area contributed by atoms with E-state index < -0.39 is 0 Å². The number of nitrogens with zero attached hydrogens (tertiary/aromatic N) is 2. The third kappa shape index (κ3) is 3.08. The molecule has 2 aromatic heterocycles. The van der Waals surface area contributed by atoms with Gasteiger partial charge in [0, 0.05) is 12.6 Å². The summed E-state index contributed by atoms with van der Waals surface area (Å²) >= 11 is 5.14. The van der Waals surface area contributed by atoms with Gasteiger partial charge >= 0.3 is 5.69 Å². The highest BCUT2D eigenvalue weighted by atomic mass is 79.9. The Bertz CT molecular complexity index is 782. The molecule has 0 saturated carbocycles. The number of fused-ring (bicyclic) bond motifs is 3. The predicted octanol–water partition coefficient (Wildman–Crippen LogP) is 2.08. The van der Waals surface area contributed by atoms with Crippen LogP contribution in [0.1, 0.15) is 5.56 Å². The van der Waals surface area contributed by atoms with Gasteiger partial charge in [0.05, 0.1) is 34.2 Å². The summed E-state index contributed by atoms with van der Waals surface area (Å²) in [4.78, 5) is 17.4. The third-order valence-electron chi connectivity index (χ3n) is 3.91. The lowest BCUT2D eigenvalue weighted by Gasteiger charge is -2.23. The summed E-state index contributed by atoms with van der Waals surface area (Å²) in [6.45, 7) is 2.67. The minimum absolute atomic E-state index is 0.115. The molecule has 0 aliphatic carbocycles. The molecule has 0 radical (unpaired) electrons. The average Bonchev–Trinajstić information content (AvgIpc) is 2.95. The first-order valence-corrected chi connectivity index (χ1v) is 9.04. The molecule has 4 rings (SSSR count). The number of hydrogen-bond donors (Lipinski definition) is 0. The highest BCUT2D eigenvalue weighted by Crippen LogP contribution is 2.38. The van der Waals surface area contributed by atoms with Crippen LogP contribution < -0.4 is 10.4 Å². The lowest BCUT2D eigenvalue weighted by Crippen LogP contribution is -2.34. The van der Waals surface area contributed by atoms with Crippen molar-refractivity contribution in [1.29, 1.82) is 0 Å². The Morgan fingerprint density at radius 1 is 1.43 bits per heavy atom. The molecular weight excluding hydrogens is 384 g/mol. The molecule has 0 amide bonds. The summed E-state index contributed by atoms with van der Waals surface area (Å²) < 4.78 is 19.3. The SMILES string of the molecule is O=c1nc(OCC2COCCO2)cc2n1CCc1cc(Br)sc1-2. The monoisotopic (exact) mass is 398 g/mol. The van der Waals surface area contributed by atoms with E-state index in [0.29, 0.717) is 38.9 Å². The summed E-state index contributed by atoms with van der Waals surface area (Å²) in [5.41, 5.74) is 1.86. The summed E-state index contributed by atoms with van der Waals surface area (Å²) in [6, 6.07) is 3.95. The van der Waals surface area contributed by atoms with Crippen LogP contribution in [0.15, 0.2) is 20.7 Å². The van der Waals surface area contributed by atoms with Crippen LogP contribution in [0.2, 0.25) is 0 Å². The van der Waals surface area contributed by atoms with E-state index in [0.717, 1.165) is 20.8 Å². The summed E-state index contributed by atoms with van der Waals surface area (Å²) in [5.74, 6) is 0.341. The smallest absolute Gasteiger partial charge is 0.351 e. The van der Waals surface area contributed by atoms with Crippen LogP contribution in [0.25, 0.3) is 10.6 Å². The maximum atomic E-state index is 12.3. The van der Waals surface area contributed by atoms with Crippen molar-refractivity contribution in [3.63, 3.8) is 0 Å². The van der Waals surface area contributed by atoms with E-state index in [-0.39, 0.29) is 11.8 Å². The van der Waals surface area contributed by atoms with Gasteiger partial charge in [0.2, 0.25) is 5.88 Å². The van der Waals surface area contributed by atoms with Crippen molar-refractivity contribution in [2.75, 3.05) is 26.4 Å². The number of hydrogen-bond acceptors (Lipinski definition) is 6. The number of thiophene rings is 1. The Morgan fingerprint density at radius 2 is 2.35 bits per heavy atom. The van der Waals surface area contributed by atoms with E-state index in [1.165, 1.54) is 5.56 Å². The number of ether oxygens (including phenoxy) is 3. The van der Waals surface area contributed by atoms with Gasteiger partial charge in [0.25, 0.3) is 0 Å². The van der Waals surface area contributed by atoms with E-state index in [4.69, 9.17) is 14.2 Å². The van der Waals surface area contributed by atoms with Crippen molar-refractivity contribution in [3.8, 4) is 16.5 Å². The van der Waals surface area contributed by atoms with E-state index in [2.05, 4.69) is 27.0 Å². The lowest BCUT2D eigenvalue weighted by molar-refractivity contribution is -0.102. The highest BCUT2D eigenvalue weighted by Gasteiger charge is 2.22. The zero-order chi connectivity index (χ0) is 15.8. The molecule has 8 heteroatoms. The molecule has 0 aromatic carbocycles. The van der Waals surface area contributed by atoms with Crippen LogP contribution in [-0.2, 0) is 22.4 Å². The zero-order valence-corrected chi connectivity index (χ0v) is 14.7. The molecule has 1 fully saturated rings. The Hall–Kier alpha value is -1.22. The first-order valence-electron chi connectivity index (χ1n) is 7.43. The maximum absolute atomic E-state index is 12.3.